The molecule has 1 aliphatic rings. The second kappa shape index (κ2) is 10.5. The number of rotatable bonds is 2. The minimum Gasteiger partial charge on any atom is -0.443 e. The minimum atomic E-state index is -0.708. The maximum absolute atomic E-state index is 11.7. The van der Waals surface area contributed by atoms with Crippen LogP contribution in [0.5, 0.6) is 0 Å². The predicted molar refractivity (Wildman–Crippen MR) is 89.9 cm³/mol. The van der Waals surface area contributed by atoms with E-state index in [9.17, 15) is 9.59 Å². The van der Waals surface area contributed by atoms with Gasteiger partial charge in [-0.1, -0.05) is 39.5 Å². The average molecular weight is 314 g/mol. The third-order valence-electron chi connectivity index (χ3n) is 3.33. The highest BCUT2D eigenvalue weighted by atomic mass is 16.6. The molecule has 1 atom stereocenters. The van der Waals surface area contributed by atoms with Crippen molar-refractivity contribution < 1.29 is 14.3 Å². The van der Waals surface area contributed by atoms with Crippen LogP contribution in [0.25, 0.3) is 0 Å². The number of nitrogens with one attached hydrogen (secondary N) is 2. The molecule has 5 heteroatoms. The molecule has 0 saturated heterocycles. The highest BCUT2D eigenvalue weighted by molar-refractivity contribution is 5.90. The molecular weight excluding hydrogens is 280 g/mol. The van der Waals surface area contributed by atoms with Crippen molar-refractivity contribution in [1.82, 2.24) is 10.6 Å². The van der Waals surface area contributed by atoms with Gasteiger partial charge >= 0.3 is 12.1 Å². The van der Waals surface area contributed by atoms with E-state index in [1.54, 1.807) is 20.8 Å². The van der Waals surface area contributed by atoms with Gasteiger partial charge in [-0.25, -0.2) is 14.9 Å². The molecule has 0 bridgehead atoms. The number of imide groups is 1. The van der Waals surface area contributed by atoms with E-state index in [1.807, 2.05) is 6.92 Å². The summed E-state index contributed by atoms with van der Waals surface area (Å²) in [4.78, 5) is 23.1. The van der Waals surface area contributed by atoms with E-state index in [0.717, 1.165) is 12.8 Å². The lowest BCUT2D eigenvalue weighted by Crippen LogP contribution is -2.47. The average Bonchev–Trinajstić information content (AvgIpc) is 2.38. The third kappa shape index (κ3) is 10.5. The zero-order valence-corrected chi connectivity index (χ0v) is 15.1. The molecule has 5 nitrogen and oxygen atoms in total. The first kappa shape index (κ1) is 20.7. The van der Waals surface area contributed by atoms with Crippen LogP contribution < -0.4 is 10.6 Å². The Morgan fingerprint density at radius 2 is 1.64 bits per heavy atom. The molecule has 1 rings (SSSR count). The van der Waals surface area contributed by atoms with Crippen LogP contribution in [0, 0.1) is 5.92 Å². The molecule has 2 N–H and O–H groups in total. The van der Waals surface area contributed by atoms with E-state index in [2.05, 4.69) is 24.5 Å². The standard InChI is InChI=1S/C14H26N2O3.C3H8/c1-10(11-8-6-5-7-9-11)15-12(17)16-13(18)19-14(2,3)4;1-3-2/h10-11H,5-9H2,1-4H3,(H2,15,16,17,18);3H2,1-2H3/t10-;/m0./s1. The van der Waals surface area contributed by atoms with Gasteiger partial charge in [0, 0.05) is 6.04 Å². The van der Waals surface area contributed by atoms with Gasteiger partial charge in [-0.3, -0.25) is 0 Å². The van der Waals surface area contributed by atoms with Crippen molar-refractivity contribution in [2.45, 2.75) is 91.7 Å². The normalized spacial score (nSPS) is 16.8. The summed E-state index contributed by atoms with van der Waals surface area (Å²) < 4.78 is 5.02. The van der Waals surface area contributed by atoms with Crippen LogP contribution in [-0.4, -0.2) is 23.8 Å². The van der Waals surface area contributed by atoms with Crippen LogP contribution in [0.3, 0.4) is 0 Å². The fourth-order valence-corrected chi connectivity index (χ4v) is 2.39. The maximum atomic E-state index is 11.7. The van der Waals surface area contributed by atoms with Crippen LogP contribution in [-0.2, 0) is 4.74 Å². The summed E-state index contributed by atoms with van der Waals surface area (Å²) in [5, 5.41) is 5.01. The number of alkyl carbamates (subject to hydrolysis) is 1. The number of amides is 3. The van der Waals surface area contributed by atoms with E-state index in [0.29, 0.717) is 5.92 Å². The van der Waals surface area contributed by atoms with Gasteiger partial charge in [0.2, 0.25) is 0 Å². The molecular formula is C17H34N2O3. The number of hydrogen-bond donors (Lipinski definition) is 2. The van der Waals surface area contributed by atoms with Gasteiger partial charge in [0.05, 0.1) is 0 Å². The van der Waals surface area contributed by atoms with E-state index in [1.165, 1.54) is 25.7 Å². The highest BCUT2D eigenvalue weighted by Gasteiger charge is 2.23. The van der Waals surface area contributed by atoms with Crippen molar-refractivity contribution in [3.63, 3.8) is 0 Å². The maximum Gasteiger partial charge on any atom is 0.415 e. The molecule has 0 aromatic carbocycles. The van der Waals surface area contributed by atoms with Gasteiger partial charge in [-0.2, -0.15) is 0 Å². The van der Waals surface area contributed by atoms with Gasteiger partial charge in [0.25, 0.3) is 0 Å². The molecule has 0 aromatic rings. The third-order valence-corrected chi connectivity index (χ3v) is 3.33. The van der Waals surface area contributed by atoms with Crippen molar-refractivity contribution >= 4 is 12.1 Å². The molecule has 1 aliphatic carbocycles. The lowest BCUT2D eigenvalue weighted by Gasteiger charge is -2.28. The quantitative estimate of drug-likeness (QED) is 0.782. The Kier molecular flexibility index (Phi) is 9.86. The van der Waals surface area contributed by atoms with Gasteiger partial charge in [0.15, 0.2) is 0 Å². The number of urea groups is 1. The summed E-state index contributed by atoms with van der Waals surface area (Å²) in [5.74, 6) is 0.512. The zero-order valence-electron chi connectivity index (χ0n) is 15.1. The first-order valence-electron chi connectivity index (χ1n) is 8.50. The molecule has 0 radical (unpaired) electrons. The SMILES string of the molecule is CCC.C[C@H](NC(=O)NC(=O)OC(C)(C)C)C1CCCCC1. The molecule has 0 aliphatic heterocycles. The molecule has 1 fully saturated rings. The second-order valence-electron chi connectivity index (χ2n) is 6.99. The highest BCUT2D eigenvalue weighted by Crippen LogP contribution is 2.26. The Bertz CT molecular complexity index is 331. The molecule has 0 aromatic heterocycles. The molecule has 0 unspecified atom stereocenters. The first-order chi connectivity index (χ1) is 10.2. The van der Waals surface area contributed by atoms with Gasteiger partial charge < -0.3 is 10.1 Å². The predicted octanol–water partition coefficient (Wildman–Crippen LogP) is 4.61. The van der Waals surface area contributed by atoms with E-state index < -0.39 is 17.7 Å². The number of carbonyl (C=O) groups is 2. The van der Waals surface area contributed by atoms with Crippen molar-refractivity contribution in [1.29, 1.82) is 0 Å². The largest absolute Gasteiger partial charge is 0.443 e. The summed E-state index contributed by atoms with van der Waals surface area (Å²) >= 11 is 0. The Labute approximate surface area is 135 Å². The van der Waals surface area contributed by atoms with E-state index in [4.69, 9.17) is 4.74 Å². The fraction of sp³-hybridized carbons (Fsp3) is 0.882. The Morgan fingerprint density at radius 1 is 1.14 bits per heavy atom. The molecule has 0 spiro atoms. The number of ether oxygens (including phenoxy) is 1. The molecule has 3 amide bonds. The lowest BCUT2D eigenvalue weighted by molar-refractivity contribution is 0.0546. The first-order valence-corrected chi connectivity index (χ1v) is 8.50. The second-order valence-corrected chi connectivity index (χ2v) is 6.99. The van der Waals surface area contributed by atoms with Crippen molar-refractivity contribution in [3.05, 3.63) is 0 Å². The number of carbonyl (C=O) groups excluding carboxylic acids is 2. The van der Waals surface area contributed by atoms with Crippen LogP contribution in [0.15, 0.2) is 0 Å². The Balaban J connectivity index is 0.00000135. The van der Waals surface area contributed by atoms with E-state index >= 15 is 0 Å². The number of hydrogen-bond acceptors (Lipinski definition) is 3. The van der Waals surface area contributed by atoms with Crippen molar-refractivity contribution in [3.8, 4) is 0 Å². The van der Waals surface area contributed by atoms with Crippen molar-refractivity contribution in [2.24, 2.45) is 5.92 Å². The fourth-order valence-electron chi connectivity index (χ4n) is 2.39. The van der Waals surface area contributed by atoms with Gasteiger partial charge in [-0.05, 0) is 46.5 Å². The minimum absolute atomic E-state index is 0.0859. The van der Waals surface area contributed by atoms with Crippen molar-refractivity contribution in [2.75, 3.05) is 0 Å². The monoisotopic (exact) mass is 314 g/mol. The molecule has 22 heavy (non-hydrogen) atoms. The Hall–Kier alpha value is -1.26. The van der Waals surface area contributed by atoms with Gasteiger partial charge in [0.1, 0.15) is 5.60 Å². The molecule has 0 heterocycles. The topological polar surface area (TPSA) is 67.4 Å². The van der Waals surface area contributed by atoms with Gasteiger partial charge in [-0.15, -0.1) is 0 Å². The Morgan fingerprint density at radius 3 is 2.09 bits per heavy atom. The molecule has 130 valence electrons. The zero-order chi connectivity index (χ0) is 17.2. The smallest absolute Gasteiger partial charge is 0.415 e. The summed E-state index contributed by atoms with van der Waals surface area (Å²) in [6.45, 7) is 11.5. The van der Waals surface area contributed by atoms with Crippen LogP contribution in [0.2, 0.25) is 0 Å². The van der Waals surface area contributed by atoms with Crippen LogP contribution >= 0.6 is 0 Å². The summed E-state index contributed by atoms with van der Waals surface area (Å²) in [6, 6.07) is -0.393. The summed E-state index contributed by atoms with van der Waals surface area (Å²) in [7, 11) is 0. The summed E-state index contributed by atoms with van der Waals surface area (Å²) in [5.41, 5.74) is -0.598. The van der Waals surface area contributed by atoms with Crippen LogP contribution in [0.4, 0.5) is 9.59 Å². The lowest BCUT2D eigenvalue weighted by atomic mass is 9.85. The van der Waals surface area contributed by atoms with Crippen LogP contribution in [0.1, 0.15) is 80.1 Å². The molecule has 1 saturated carbocycles. The van der Waals surface area contributed by atoms with E-state index in [-0.39, 0.29) is 6.04 Å². The summed E-state index contributed by atoms with van der Waals surface area (Å²) in [6.07, 6.45) is 6.57.